The summed E-state index contributed by atoms with van der Waals surface area (Å²) in [5.41, 5.74) is 1.93. The summed E-state index contributed by atoms with van der Waals surface area (Å²) >= 11 is 1.45. The maximum atomic E-state index is 12.9. The number of nitrogens with zero attached hydrogens (tertiary/aromatic N) is 1. The number of methoxy groups -OCH3 is 1. The summed E-state index contributed by atoms with van der Waals surface area (Å²) in [4.78, 5) is 28.3. The summed E-state index contributed by atoms with van der Waals surface area (Å²) < 4.78 is 23.3. The Bertz CT molecular complexity index is 969. The molecule has 0 fully saturated rings. The second-order valence-corrected chi connectivity index (χ2v) is 6.82. The maximum absolute atomic E-state index is 12.9. The standard InChI is InChI=1S/C21H18FNO4S/c1-26-18-4-2-3-15(11-18)21-23-17(13-28-21)12-27-20(25)10-9-19(24)14-5-7-16(22)8-6-14/h2-8,11,13H,9-10,12H2,1H3. The van der Waals surface area contributed by atoms with Crippen molar-refractivity contribution in [2.75, 3.05) is 7.11 Å². The van der Waals surface area contributed by atoms with E-state index < -0.39 is 11.8 Å². The summed E-state index contributed by atoms with van der Waals surface area (Å²) in [6, 6.07) is 12.8. The minimum atomic E-state index is -0.480. The molecule has 0 unspecified atom stereocenters. The Balaban J connectivity index is 1.49. The van der Waals surface area contributed by atoms with Gasteiger partial charge in [-0.15, -0.1) is 11.3 Å². The van der Waals surface area contributed by atoms with E-state index in [4.69, 9.17) is 9.47 Å². The summed E-state index contributed by atoms with van der Waals surface area (Å²) in [5, 5.41) is 2.63. The van der Waals surface area contributed by atoms with E-state index in [-0.39, 0.29) is 25.2 Å². The number of aromatic nitrogens is 1. The molecule has 0 radical (unpaired) electrons. The molecule has 2 aromatic carbocycles. The molecule has 0 atom stereocenters. The zero-order valence-corrected chi connectivity index (χ0v) is 16.0. The van der Waals surface area contributed by atoms with Crippen LogP contribution in [0.3, 0.4) is 0 Å². The summed E-state index contributed by atoms with van der Waals surface area (Å²) in [6.07, 6.45) is -0.0281. The van der Waals surface area contributed by atoms with Gasteiger partial charge in [0.2, 0.25) is 0 Å². The first-order chi connectivity index (χ1) is 13.5. The fraction of sp³-hybridized carbons (Fsp3) is 0.190. The first-order valence-electron chi connectivity index (χ1n) is 8.58. The van der Waals surface area contributed by atoms with E-state index in [0.717, 1.165) is 16.3 Å². The van der Waals surface area contributed by atoms with Gasteiger partial charge in [0.15, 0.2) is 5.78 Å². The highest BCUT2D eigenvalue weighted by Crippen LogP contribution is 2.27. The highest BCUT2D eigenvalue weighted by Gasteiger charge is 2.12. The molecule has 5 nitrogen and oxygen atoms in total. The fourth-order valence-corrected chi connectivity index (χ4v) is 3.29. The Morgan fingerprint density at radius 1 is 1.11 bits per heavy atom. The molecule has 3 aromatic rings. The lowest BCUT2D eigenvalue weighted by molar-refractivity contribution is -0.145. The number of benzene rings is 2. The zero-order chi connectivity index (χ0) is 19.9. The molecule has 0 saturated carbocycles. The Morgan fingerprint density at radius 3 is 2.64 bits per heavy atom. The van der Waals surface area contributed by atoms with Crippen molar-refractivity contribution in [2.45, 2.75) is 19.4 Å². The van der Waals surface area contributed by atoms with Gasteiger partial charge in [-0.1, -0.05) is 12.1 Å². The molecule has 1 aromatic heterocycles. The Kier molecular flexibility index (Phi) is 6.49. The van der Waals surface area contributed by atoms with Crippen molar-refractivity contribution >= 4 is 23.1 Å². The molecular formula is C21H18FNO4S. The molecule has 7 heteroatoms. The van der Waals surface area contributed by atoms with Crippen LogP contribution >= 0.6 is 11.3 Å². The van der Waals surface area contributed by atoms with Crippen molar-refractivity contribution in [3.05, 3.63) is 71.0 Å². The van der Waals surface area contributed by atoms with Gasteiger partial charge >= 0.3 is 5.97 Å². The van der Waals surface area contributed by atoms with Gasteiger partial charge in [-0.25, -0.2) is 9.37 Å². The Hall–Kier alpha value is -3.06. The lowest BCUT2D eigenvalue weighted by atomic mass is 10.1. The number of ketones is 1. The van der Waals surface area contributed by atoms with E-state index in [2.05, 4.69) is 4.98 Å². The maximum Gasteiger partial charge on any atom is 0.306 e. The van der Waals surface area contributed by atoms with Crippen LogP contribution in [0, 0.1) is 5.82 Å². The topological polar surface area (TPSA) is 65.5 Å². The van der Waals surface area contributed by atoms with Crippen molar-refractivity contribution < 1.29 is 23.5 Å². The number of carbonyl (C=O) groups excluding carboxylic acids is 2. The lowest BCUT2D eigenvalue weighted by Crippen LogP contribution is -2.08. The predicted molar refractivity (Wildman–Crippen MR) is 104 cm³/mol. The minimum Gasteiger partial charge on any atom is -0.497 e. The smallest absolute Gasteiger partial charge is 0.306 e. The molecule has 0 aliphatic heterocycles. The molecule has 0 N–H and O–H groups in total. The summed E-state index contributed by atoms with van der Waals surface area (Å²) in [7, 11) is 1.60. The normalized spacial score (nSPS) is 10.5. The number of Topliss-reactive ketones (excluding diaryl/α,β-unsaturated/α-hetero) is 1. The van der Waals surface area contributed by atoms with Crippen LogP contribution in [0.25, 0.3) is 10.6 Å². The van der Waals surface area contributed by atoms with Gasteiger partial charge in [-0.05, 0) is 36.4 Å². The van der Waals surface area contributed by atoms with Gasteiger partial charge in [-0.2, -0.15) is 0 Å². The molecule has 0 spiro atoms. The van der Waals surface area contributed by atoms with Crippen LogP contribution in [0.1, 0.15) is 28.9 Å². The van der Waals surface area contributed by atoms with Crippen molar-refractivity contribution in [1.29, 1.82) is 0 Å². The van der Waals surface area contributed by atoms with Gasteiger partial charge in [0.25, 0.3) is 0 Å². The molecule has 28 heavy (non-hydrogen) atoms. The number of hydrogen-bond donors (Lipinski definition) is 0. The third-order valence-electron chi connectivity index (χ3n) is 3.97. The molecule has 0 saturated heterocycles. The van der Waals surface area contributed by atoms with Gasteiger partial charge in [0.05, 0.1) is 19.2 Å². The second-order valence-electron chi connectivity index (χ2n) is 5.97. The largest absolute Gasteiger partial charge is 0.497 e. The van der Waals surface area contributed by atoms with Crippen LogP contribution in [0.4, 0.5) is 4.39 Å². The van der Waals surface area contributed by atoms with E-state index in [9.17, 15) is 14.0 Å². The van der Waals surface area contributed by atoms with E-state index in [1.54, 1.807) is 7.11 Å². The van der Waals surface area contributed by atoms with Crippen molar-refractivity contribution in [2.24, 2.45) is 0 Å². The third-order valence-corrected chi connectivity index (χ3v) is 4.91. The minimum absolute atomic E-state index is 0.0105. The van der Waals surface area contributed by atoms with Crippen LogP contribution in [0.5, 0.6) is 5.75 Å². The number of ether oxygens (including phenoxy) is 2. The quantitative estimate of drug-likeness (QED) is 0.407. The lowest BCUT2D eigenvalue weighted by Gasteiger charge is -2.03. The Morgan fingerprint density at radius 2 is 1.89 bits per heavy atom. The number of hydrogen-bond acceptors (Lipinski definition) is 6. The van der Waals surface area contributed by atoms with E-state index >= 15 is 0 Å². The van der Waals surface area contributed by atoms with Crippen LogP contribution in [-0.4, -0.2) is 23.8 Å². The molecule has 0 aliphatic rings. The van der Waals surface area contributed by atoms with Crippen LogP contribution < -0.4 is 4.74 Å². The molecular weight excluding hydrogens is 381 g/mol. The number of carbonyl (C=O) groups is 2. The van der Waals surface area contributed by atoms with E-state index in [1.807, 2.05) is 29.6 Å². The summed E-state index contributed by atoms with van der Waals surface area (Å²) in [6.45, 7) is 0.0457. The van der Waals surface area contributed by atoms with Gasteiger partial charge in [0, 0.05) is 22.9 Å². The average molecular weight is 399 g/mol. The molecule has 0 amide bonds. The van der Waals surface area contributed by atoms with Gasteiger partial charge in [0.1, 0.15) is 23.2 Å². The zero-order valence-electron chi connectivity index (χ0n) is 15.2. The van der Waals surface area contributed by atoms with Crippen molar-refractivity contribution in [3.63, 3.8) is 0 Å². The Labute approximate surface area is 165 Å². The van der Waals surface area contributed by atoms with E-state index in [1.165, 1.54) is 35.6 Å². The molecule has 0 aliphatic carbocycles. The van der Waals surface area contributed by atoms with Crippen LogP contribution in [0.2, 0.25) is 0 Å². The fourth-order valence-electron chi connectivity index (χ4n) is 2.48. The third kappa shape index (κ3) is 5.23. The molecule has 1 heterocycles. The first kappa shape index (κ1) is 19.7. The highest BCUT2D eigenvalue weighted by atomic mass is 32.1. The SMILES string of the molecule is COc1cccc(-c2nc(COC(=O)CCC(=O)c3ccc(F)cc3)cs2)c1. The van der Waals surface area contributed by atoms with Crippen molar-refractivity contribution in [1.82, 2.24) is 4.98 Å². The number of thiazole rings is 1. The second kappa shape index (κ2) is 9.23. The van der Waals surface area contributed by atoms with Gasteiger partial charge < -0.3 is 9.47 Å². The number of halogens is 1. The molecule has 0 bridgehead atoms. The predicted octanol–water partition coefficient (Wildman–Crippen LogP) is 4.66. The summed E-state index contributed by atoms with van der Waals surface area (Å²) in [5.74, 6) is -0.378. The average Bonchev–Trinajstić information content (AvgIpc) is 3.20. The monoisotopic (exact) mass is 399 g/mol. The molecule has 144 valence electrons. The van der Waals surface area contributed by atoms with Crippen LogP contribution in [0.15, 0.2) is 53.9 Å². The van der Waals surface area contributed by atoms with E-state index in [0.29, 0.717) is 11.3 Å². The van der Waals surface area contributed by atoms with Crippen LogP contribution in [-0.2, 0) is 16.1 Å². The number of rotatable bonds is 8. The first-order valence-corrected chi connectivity index (χ1v) is 9.46. The number of esters is 1. The van der Waals surface area contributed by atoms with Crippen molar-refractivity contribution in [3.8, 4) is 16.3 Å². The van der Waals surface area contributed by atoms with Gasteiger partial charge in [-0.3, -0.25) is 9.59 Å². The highest BCUT2D eigenvalue weighted by molar-refractivity contribution is 7.13. The molecule has 3 rings (SSSR count).